The van der Waals surface area contributed by atoms with E-state index >= 15 is 0 Å². The zero-order chi connectivity index (χ0) is 19.9. The number of benzene rings is 2. The molecule has 0 fully saturated rings. The molecule has 0 saturated carbocycles. The Balaban J connectivity index is 1.74. The van der Waals surface area contributed by atoms with Gasteiger partial charge in [0.15, 0.2) is 0 Å². The summed E-state index contributed by atoms with van der Waals surface area (Å²) in [5, 5.41) is 6.43. The van der Waals surface area contributed by atoms with E-state index in [0.717, 1.165) is 11.4 Å². The molecule has 0 aliphatic heterocycles. The molecule has 0 unspecified atom stereocenters. The highest BCUT2D eigenvalue weighted by Crippen LogP contribution is 2.31. The normalized spacial score (nSPS) is 10.5. The van der Waals surface area contributed by atoms with Gasteiger partial charge in [-0.1, -0.05) is 0 Å². The standard InChI is InChI=1S/C21H24N4O3/c1-14(2)28-16-7-5-15(6-8-16)23-20-11-12-22-21(25-20)24-18-13-17(26-3)9-10-19(18)27-4/h5-14H,1-4H3,(H2,22,23,24,25). The molecule has 7 heteroatoms. The van der Waals surface area contributed by atoms with Crippen molar-refractivity contribution >= 4 is 23.1 Å². The molecule has 0 bridgehead atoms. The van der Waals surface area contributed by atoms with Gasteiger partial charge in [0.2, 0.25) is 5.95 Å². The van der Waals surface area contributed by atoms with E-state index in [1.807, 2.05) is 56.3 Å². The Labute approximate surface area is 164 Å². The number of rotatable bonds is 8. The van der Waals surface area contributed by atoms with Crippen molar-refractivity contribution in [3.05, 3.63) is 54.7 Å². The van der Waals surface area contributed by atoms with E-state index in [4.69, 9.17) is 14.2 Å². The number of nitrogens with one attached hydrogen (secondary N) is 2. The molecular weight excluding hydrogens is 356 g/mol. The van der Waals surface area contributed by atoms with Gasteiger partial charge in [-0.25, -0.2) is 4.98 Å². The molecule has 146 valence electrons. The summed E-state index contributed by atoms with van der Waals surface area (Å²) < 4.78 is 16.3. The maximum Gasteiger partial charge on any atom is 0.229 e. The van der Waals surface area contributed by atoms with Crippen molar-refractivity contribution in [2.24, 2.45) is 0 Å². The van der Waals surface area contributed by atoms with Gasteiger partial charge in [0.05, 0.1) is 26.0 Å². The van der Waals surface area contributed by atoms with Crippen molar-refractivity contribution in [3.8, 4) is 17.2 Å². The molecule has 3 rings (SSSR count). The van der Waals surface area contributed by atoms with Crippen LogP contribution < -0.4 is 24.8 Å². The molecule has 0 amide bonds. The highest BCUT2D eigenvalue weighted by Gasteiger charge is 2.08. The first-order chi connectivity index (χ1) is 13.6. The molecule has 7 nitrogen and oxygen atoms in total. The molecule has 0 spiro atoms. The van der Waals surface area contributed by atoms with Crippen molar-refractivity contribution in [3.63, 3.8) is 0 Å². The largest absolute Gasteiger partial charge is 0.497 e. The lowest BCUT2D eigenvalue weighted by Gasteiger charge is -2.13. The number of anilines is 4. The smallest absolute Gasteiger partial charge is 0.229 e. The second-order valence-corrected chi connectivity index (χ2v) is 6.27. The highest BCUT2D eigenvalue weighted by molar-refractivity contribution is 5.66. The van der Waals surface area contributed by atoms with Crippen molar-refractivity contribution < 1.29 is 14.2 Å². The third kappa shape index (κ3) is 5.03. The fourth-order valence-electron chi connectivity index (χ4n) is 2.56. The first-order valence-electron chi connectivity index (χ1n) is 8.93. The molecule has 2 N–H and O–H groups in total. The molecule has 1 aromatic heterocycles. The van der Waals surface area contributed by atoms with E-state index in [0.29, 0.717) is 29.0 Å². The molecule has 0 aliphatic carbocycles. The zero-order valence-corrected chi connectivity index (χ0v) is 16.4. The van der Waals surface area contributed by atoms with E-state index in [-0.39, 0.29) is 6.10 Å². The summed E-state index contributed by atoms with van der Waals surface area (Å²) in [6.07, 6.45) is 1.82. The van der Waals surface area contributed by atoms with Gasteiger partial charge in [0.1, 0.15) is 23.1 Å². The lowest BCUT2D eigenvalue weighted by atomic mass is 10.2. The fourth-order valence-corrected chi connectivity index (χ4v) is 2.56. The van der Waals surface area contributed by atoms with Crippen LogP contribution in [0.25, 0.3) is 0 Å². The third-order valence-corrected chi connectivity index (χ3v) is 3.81. The minimum atomic E-state index is 0.142. The summed E-state index contributed by atoms with van der Waals surface area (Å²) in [6.45, 7) is 4.00. The van der Waals surface area contributed by atoms with Crippen LogP contribution in [0.1, 0.15) is 13.8 Å². The predicted octanol–water partition coefficient (Wildman–Crippen LogP) is 4.77. The van der Waals surface area contributed by atoms with E-state index in [1.165, 1.54) is 0 Å². The van der Waals surface area contributed by atoms with Gasteiger partial charge in [-0.15, -0.1) is 0 Å². The van der Waals surface area contributed by atoms with E-state index in [1.54, 1.807) is 26.5 Å². The number of aromatic nitrogens is 2. The summed E-state index contributed by atoms with van der Waals surface area (Å²) in [5.41, 5.74) is 1.62. The summed E-state index contributed by atoms with van der Waals surface area (Å²) in [6, 6.07) is 15.0. The van der Waals surface area contributed by atoms with Crippen molar-refractivity contribution in [2.75, 3.05) is 24.9 Å². The van der Waals surface area contributed by atoms with Gasteiger partial charge in [-0.3, -0.25) is 0 Å². The van der Waals surface area contributed by atoms with Crippen molar-refractivity contribution in [1.82, 2.24) is 9.97 Å². The Hall–Kier alpha value is -3.48. The molecule has 2 aromatic carbocycles. The Morgan fingerprint density at radius 1 is 0.857 bits per heavy atom. The van der Waals surface area contributed by atoms with E-state index in [9.17, 15) is 0 Å². The Kier molecular flexibility index (Phi) is 6.16. The molecule has 1 heterocycles. The number of nitrogens with zero attached hydrogens (tertiary/aromatic N) is 2. The average Bonchev–Trinajstić information content (AvgIpc) is 2.69. The van der Waals surface area contributed by atoms with Crippen LogP contribution in [-0.2, 0) is 0 Å². The van der Waals surface area contributed by atoms with Crippen LogP contribution >= 0.6 is 0 Å². The predicted molar refractivity (Wildman–Crippen MR) is 110 cm³/mol. The highest BCUT2D eigenvalue weighted by atomic mass is 16.5. The molecule has 0 radical (unpaired) electrons. The van der Waals surface area contributed by atoms with Gasteiger partial charge in [0, 0.05) is 18.0 Å². The number of hydrogen-bond acceptors (Lipinski definition) is 7. The summed E-state index contributed by atoms with van der Waals surface area (Å²) in [5.74, 6) is 3.31. The second-order valence-electron chi connectivity index (χ2n) is 6.27. The molecule has 28 heavy (non-hydrogen) atoms. The van der Waals surface area contributed by atoms with Gasteiger partial charge in [-0.05, 0) is 56.3 Å². The molecule has 3 aromatic rings. The Bertz CT molecular complexity index is 914. The monoisotopic (exact) mass is 380 g/mol. The van der Waals surface area contributed by atoms with Gasteiger partial charge < -0.3 is 24.8 Å². The second kappa shape index (κ2) is 8.94. The van der Waals surface area contributed by atoms with Crippen LogP contribution in [0.5, 0.6) is 17.2 Å². The zero-order valence-electron chi connectivity index (χ0n) is 16.4. The fraction of sp³-hybridized carbons (Fsp3) is 0.238. The number of hydrogen-bond donors (Lipinski definition) is 2. The lowest BCUT2D eigenvalue weighted by Crippen LogP contribution is -2.05. The van der Waals surface area contributed by atoms with Crippen LogP contribution in [0.3, 0.4) is 0 Å². The number of ether oxygens (including phenoxy) is 3. The van der Waals surface area contributed by atoms with Gasteiger partial charge >= 0.3 is 0 Å². The van der Waals surface area contributed by atoms with Crippen LogP contribution in [0.15, 0.2) is 54.7 Å². The topological polar surface area (TPSA) is 77.5 Å². The van der Waals surface area contributed by atoms with Crippen LogP contribution in [0.2, 0.25) is 0 Å². The lowest BCUT2D eigenvalue weighted by molar-refractivity contribution is 0.242. The molecule has 0 atom stereocenters. The summed E-state index contributed by atoms with van der Waals surface area (Å²) in [7, 11) is 3.22. The maximum absolute atomic E-state index is 5.66. The molecular formula is C21H24N4O3. The van der Waals surface area contributed by atoms with Gasteiger partial charge in [-0.2, -0.15) is 4.98 Å². The summed E-state index contributed by atoms with van der Waals surface area (Å²) in [4.78, 5) is 8.78. The first-order valence-corrected chi connectivity index (χ1v) is 8.93. The van der Waals surface area contributed by atoms with Crippen molar-refractivity contribution in [1.29, 1.82) is 0 Å². The van der Waals surface area contributed by atoms with Crippen molar-refractivity contribution in [2.45, 2.75) is 20.0 Å². The quantitative estimate of drug-likeness (QED) is 0.583. The average molecular weight is 380 g/mol. The van der Waals surface area contributed by atoms with E-state index in [2.05, 4.69) is 20.6 Å². The van der Waals surface area contributed by atoms with Crippen LogP contribution in [0, 0.1) is 0 Å². The first kappa shape index (κ1) is 19.3. The minimum Gasteiger partial charge on any atom is -0.497 e. The SMILES string of the molecule is COc1ccc(OC)c(Nc2nccc(Nc3ccc(OC(C)C)cc3)n2)c1. The van der Waals surface area contributed by atoms with Gasteiger partial charge in [0.25, 0.3) is 0 Å². The van der Waals surface area contributed by atoms with Crippen LogP contribution in [-0.4, -0.2) is 30.3 Å². The Morgan fingerprint density at radius 3 is 2.29 bits per heavy atom. The molecule has 0 saturated heterocycles. The summed E-state index contributed by atoms with van der Waals surface area (Å²) >= 11 is 0. The molecule has 0 aliphatic rings. The number of methoxy groups -OCH3 is 2. The van der Waals surface area contributed by atoms with Crippen LogP contribution in [0.4, 0.5) is 23.1 Å². The maximum atomic E-state index is 5.66. The minimum absolute atomic E-state index is 0.142. The van der Waals surface area contributed by atoms with E-state index < -0.39 is 0 Å². The third-order valence-electron chi connectivity index (χ3n) is 3.81. The Morgan fingerprint density at radius 2 is 1.61 bits per heavy atom.